The van der Waals surface area contributed by atoms with Crippen molar-refractivity contribution in [2.75, 3.05) is 5.33 Å². The first-order valence-corrected chi connectivity index (χ1v) is 6.74. The molecule has 0 aliphatic carbocycles. The van der Waals surface area contributed by atoms with Gasteiger partial charge < -0.3 is 5.32 Å². The van der Waals surface area contributed by atoms with Crippen LogP contribution in [0.4, 0.5) is 0 Å². The first kappa shape index (κ1) is 13.3. The molecule has 0 bridgehead atoms. The highest BCUT2D eigenvalue weighted by Crippen LogP contribution is 2.20. The Morgan fingerprint density at radius 1 is 1.40 bits per heavy atom. The molecule has 1 nitrogen and oxygen atoms in total. The zero-order chi connectivity index (χ0) is 11.3. The zero-order valence-electron chi connectivity index (χ0n) is 8.56. The summed E-state index contributed by atoms with van der Waals surface area (Å²) in [5, 5.41) is 5.89. The molecule has 1 N–H and O–H groups in total. The summed E-state index contributed by atoms with van der Waals surface area (Å²) in [6, 6.07) is 6.00. The lowest BCUT2D eigenvalue weighted by Gasteiger charge is -2.13. The molecule has 0 spiro atoms. The topological polar surface area (TPSA) is 12.0 Å². The Morgan fingerprint density at radius 3 is 2.80 bits per heavy atom. The lowest BCUT2D eigenvalue weighted by atomic mass is 10.2. The van der Waals surface area contributed by atoms with Crippen LogP contribution in [0.3, 0.4) is 0 Å². The highest BCUT2D eigenvalue weighted by molar-refractivity contribution is 9.09. The molecule has 1 rings (SSSR count). The molecule has 0 radical (unpaired) electrons. The summed E-state index contributed by atoms with van der Waals surface area (Å²) < 4.78 is 0. The molecule has 0 heterocycles. The van der Waals surface area contributed by atoms with Gasteiger partial charge in [-0.1, -0.05) is 39.1 Å². The van der Waals surface area contributed by atoms with E-state index in [1.54, 1.807) is 6.07 Å². The maximum Gasteiger partial charge on any atom is 0.0451 e. The predicted molar refractivity (Wildman–Crippen MR) is 71.2 cm³/mol. The largest absolute Gasteiger partial charge is 0.310 e. The van der Waals surface area contributed by atoms with Crippen LogP contribution in [0.25, 0.3) is 0 Å². The van der Waals surface area contributed by atoms with Gasteiger partial charge >= 0.3 is 0 Å². The van der Waals surface area contributed by atoms with Gasteiger partial charge in [0.15, 0.2) is 0 Å². The van der Waals surface area contributed by atoms with E-state index in [-0.39, 0.29) is 0 Å². The second kappa shape index (κ2) is 6.74. The Bertz CT molecular complexity index is 317. The van der Waals surface area contributed by atoms with Gasteiger partial charge in [-0.2, -0.15) is 0 Å². The molecule has 1 aromatic rings. The SMILES string of the molecule is CC(CCBr)NCc1cc(Cl)ccc1Cl. The lowest BCUT2D eigenvalue weighted by Crippen LogP contribution is -2.25. The number of halogens is 3. The summed E-state index contributed by atoms with van der Waals surface area (Å²) in [5.74, 6) is 0. The summed E-state index contributed by atoms with van der Waals surface area (Å²) in [6.07, 6.45) is 1.10. The van der Waals surface area contributed by atoms with E-state index < -0.39 is 0 Å². The number of hydrogen-bond acceptors (Lipinski definition) is 1. The molecule has 0 amide bonds. The Hall–Kier alpha value is 0.240. The third-order valence-corrected chi connectivity index (χ3v) is 3.25. The highest BCUT2D eigenvalue weighted by atomic mass is 79.9. The fraction of sp³-hybridized carbons (Fsp3) is 0.455. The van der Waals surface area contributed by atoms with Crippen LogP contribution in [0.5, 0.6) is 0 Å². The summed E-state index contributed by atoms with van der Waals surface area (Å²) in [7, 11) is 0. The van der Waals surface area contributed by atoms with Crippen molar-refractivity contribution in [3.05, 3.63) is 33.8 Å². The van der Waals surface area contributed by atoms with E-state index in [1.807, 2.05) is 12.1 Å². The summed E-state index contributed by atoms with van der Waals surface area (Å²) in [6.45, 7) is 2.91. The van der Waals surface area contributed by atoms with Crippen molar-refractivity contribution < 1.29 is 0 Å². The van der Waals surface area contributed by atoms with Crippen molar-refractivity contribution in [1.82, 2.24) is 5.32 Å². The summed E-state index contributed by atoms with van der Waals surface area (Å²) in [5.41, 5.74) is 1.05. The highest BCUT2D eigenvalue weighted by Gasteiger charge is 2.04. The molecule has 0 saturated carbocycles. The van der Waals surface area contributed by atoms with Crippen LogP contribution in [-0.4, -0.2) is 11.4 Å². The maximum absolute atomic E-state index is 6.05. The van der Waals surface area contributed by atoms with Crippen LogP contribution >= 0.6 is 39.1 Å². The van der Waals surface area contributed by atoms with E-state index in [0.29, 0.717) is 6.04 Å². The second-order valence-electron chi connectivity index (χ2n) is 3.50. The molecule has 84 valence electrons. The predicted octanol–water partition coefficient (Wildman–Crippen LogP) is 4.26. The van der Waals surface area contributed by atoms with Gasteiger partial charge in [-0.25, -0.2) is 0 Å². The van der Waals surface area contributed by atoms with Crippen LogP contribution in [0, 0.1) is 0 Å². The average Bonchev–Trinajstić information content (AvgIpc) is 2.20. The molecular weight excluding hydrogens is 297 g/mol. The van der Waals surface area contributed by atoms with Gasteiger partial charge in [0.1, 0.15) is 0 Å². The maximum atomic E-state index is 6.05. The van der Waals surface area contributed by atoms with Crippen LogP contribution in [0.1, 0.15) is 18.9 Å². The first-order chi connectivity index (χ1) is 7.13. The van der Waals surface area contributed by atoms with Crippen molar-refractivity contribution in [2.45, 2.75) is 25.9 Å². The lowest BCUT2D eigenvalue weighted by molar-refractivity contribution is 0.538. The van der Waals surface area contributed by atoms with Gasteiger partial charge in [0.25, 0.3) is 0 Å². The Labute approximate surface area is 109 Å². The van der Waals surface area contributed by atoms with Crippen molar-refractivity contribution >= 4 is 39.1 Å². The smallest absolute Gasteiger partial charge is 0.0451 e. The second-order valence-corrected chi connectivity index (χ2v) is 5.13. The van der Waals surface area contributed by atoms with E-state index in [2.05, 4.69) is 28.2 Å². The number of benzene rings is 1. The molecule has 0 aliphatic rings. The number of hydrogen-bond donors (Lipinski definition) is 1. The van der Waals surface area contributed by atoms with Crippen LogP contribution in [-0.2, 0) is 6.54 Å². The fourth-order valence-corrected chi connectivity index (χ4v) is 2.29. The number of nitrogens with one attached hydrogen (secondary N) is 1. The van der Waals surface area contributed by atoms with Crippen molar-refractivity contribution in [2.24, 2.45) is 0 Å². The molecule has 0 fully saturated rings. The third kappa shape index (κ3) is 4.73. The summed E-state index contributed by atoms with van der Waals surface area (Å²) in [4.78, 5) is 0. The van der Waals surface area contributed by atoms with E-state index in [9.17, 15) is 0 Å². The number of rotatable bonds is 5. The van der Waals surface area contributed by atoms with Crippen LogP contribution in [0.15, 0.2) is 18.2 Å². The van der Waals surface area contributed by atoms with Gasteiger partial charge in [-0.05, 0) is 37.1 Å². The number of alkyl halides is 1. The zero-order valence-corrected chi connectivity index (χ0v) is 11.7. The standard InChI is InChI=1S/C11H14BrCl2N/c1-8(4-5-12)15-7-9-6-10(13)2-3-11(9)14/h2-3,6,8,15H,4-5,7H2,1H3. The molecule has 0 saturated heterocycles. The third-order valence-electron chi connectivity index (χ3n) is 2.19. The molecule has 1 unspecified atom stereocenters. The van der Waals surface area contributed by atoms with Crippen LogP contribution in [0.2, 0.25) is 10.0 Å². The molecule has 1 aromatic carbocycles. The first-order valence-electron chi connectivity index (χ1n) is 4.86. The van der Waals surface area contributed by atoms with Crippen molar-refractivity contribution in [3.63, 3.8) is 0 Å². The minimum atomic E-state index is 0.472. The quantitative estimate of drug-likeness (QED) is 0.801. The molecule has 0 aliphatic heterocycles. The van der Waals surface area contributed by atoms with E-state index in [0.717, 1.165) is 33.9 Å². The average molecular weight is 311 g/mol. The van der Waals surface area contributed by atoms with E-state index in [4.69, 9.17) is 23.2 Å². The normalized spacial score (nSPS) is 12.8. The van der Waals surface area contributed by atoms with Crippen LogP contribution < -0.4 is 5.32 Å². The van der Waals surface area contributed by atoms with Gasteiger partial charge in [-0.3, -0.25) is 0 Å². The van der Waals surface area contributed by atoms with Gasteiger partial charge in [0.2, 0.25) is 0 Å². The monoisotopic (exact) mass is 309 g/mol. The minimum Gasteiger partial charge on any atom is -0.310 e. The Balaban J connectivity index is 2.53. The van der Waals surface area contributed by atoms with Crippen molar-refractivity contribution in [1.29, 1.82) is 0 Å². The van der Waals surface area contributed by atoms with Crippen molar-refractivity contribution in [3.8, 4) is 0 Å². The molecule has 1 atom stereocenters. The minimum absolute atomic E-state index is 0.472. The fourth-order valence-electron chi connectivity index (χ4n) is 1.23. The van der Waals surface area contributed by atoms with Gasteiger partial charge in [0.05, 0.1) is 0 Å². The van der Waals surface area contributed by atoms with E-state index in [1.165, 1.54) is 0 Å². The van der Waals surface area contributed by atoms with Gasteiger partial charge in [-0.15, -0.1) is 0 Å². The molecule has 15 heavy (non-hydrogen) atoms. The molecular formula is C11H14BrCl2N. The van der Waals surface area contributed by atoms with E-state index >= 15 is 0 Å². The summed E-state index contributed by atoms with van der Waals surface area (Å²) >= 11 is 15.4. The Morgan fingerprint density at radius 2 is 2.13 bits per heavy atom. The molecule has 4 heteroatoms. The Kier molecular flexibility index (Phi) is 5.98. The van der Waals surface area contributed by atoms with Gasteiger partial charge in [0, 0.05) is 28.0 Å². The molecule has 0 aromatic heterocycles.